The first-order valence-corrected chi connectivity index (χ1v) is 10.7. The van der Waals surface area contributed by atoms with Crippen LogP contribution in [0.5, 0.6) is 0 Å². The third-order valence-electron chi connectivity index (χ3n) is 5.71. The molecule has 7 heteroatoms. The average molecular weight is 439 g/mol. The van der Waals surface area contributed by atoms with Crippen molar-refractivity contribution < 1.29 is 28.2 Å². The van der Waals surface area contributed by atoms with Gasteiger partial charge in [0.25, 0.3) is 0 Å². The molecule has 0 saturated heterocycles. The average Bonchev–Trinajstić information content (AvgIpc) is 3.27. The fraction of sp³-hybridized carbons (Fsp3) is 0.360. The first kappa shape index (κ1) is 22.2. The molecule has 1 N–H and O–H groups in total. The molecule has 0 amide bonds. The number of hydrogen-bond acceptors (Lipinski definition) is 5. The lowest BCUT2D eigenvalue weighted by Crippen LogP contribution is -2.28. The topological polar surface area (TPSA) is 81.8 Å². The Balaban J connectivity index is 1.27. The largest absolute Gasteiger partial charge is 0.478 e. The normalized spacial score (nSPS) is 18.6. The molecule has 1 fully saturated rings. The molecule has 1 aromatic heterocycles. The Bertz CT molecular complexity index is 1060. The maximum atomic E-state index is 13.1. The molecule has 1 saturated carbocycles. The molecule has 4 rings (SSSR count). The first-order chi connectivity index (χ1) is 15.5. The predicted octanol–water partition coefficient (Wildman–Crippen LogP) is 5.53. The number of hydrogen-bond donors (Lipinski definition) is 1. The van der Waals surface area contributed by atoms with Crippen LogP contribution >= 0.6 is 0 Å². The summed E-state index contributed by atoms with van der Waals surface area (Å²) in [7, 11) is 0. The van der Waals surface area contributed by atoms with E-state index in [9.17, 15) is 14.3 Å². The minimum Gasteiger partial charge on any atom is -0.478 e. The van der Waals surface area contributed by atoms with Gasteiger partial charge in [0.1, 0.15) is 17.8 Å². The van der Waals surface area contributed by atoms with Crippen LogP contribution in [0.2, 0.25) is 0 Å². The summed E-state index contributed by atoms with van der Waals surface area (Å²) in [6.45, 7) is 2.50. The highest BCUT2D eigenvalue weighted by atomic mass is 19.1. The van der Waals surface area contributed by atoms with Gasteiger partial charge >= 0.3 is 5.97 Å². The van der Waals surface area contributed by atoms with Crippen molar-refractivity contribution in [2.45, 2.75) is 58.0 Å². The zero-order valence-corrected chi connectivity index (χ0v) is 17.9. The van der Waals surface area contributed by atoms with E-state index in [1.807, 2.05) is 12.1 Å². The fourth-order valence-corrected chi connectivity index (χ4v) is 3.91. The van der Waals surface area contributed by atoms with E-state index in [0.29, 0.717) is 35.9 Å². The van der Waals surface area contributed by atoms with E-state index >= 15 is 0 Å². The number of aromatic nitrogens is 1. The van der Waals surface area contributed by atoms with Gasteiger partial charge in [-0.05, 0) is 74.1 Å². The molecule has 2 atom stereocenters. The number of nitrogens with zero attached hydrogens (tertiary/aromatic N) is 1. The summed E-state index contributed by atoms with van der Waals surface area (Å²) in [6, 6.07) is 11.4. The van der Waals surface area contributed by atoms with Crippen molar-refractivity contribution in [3.63, 3.8) is 0 Å². The molecular weight excluding hydrogens is 413 g/mol. The van der Waals surface area contributed by atoms with Crippen molar-refractivity contribution >= 4 is 5.97 Å². The van der Waals surface area contributed by atoms with Gasteiger partial charge in [-0.25, -0.2) is 14.2 Å². The first-order valence-electron chi connectivity index (χ1n) is 10.7. The van der Waals surface area contributed by atoms with Gasteiger partial charge in [0.05, 0.1) is 31.0 Å². The van der Waals surface area contributed by atoms with Crippen molar-refractivity contribution in [1.82, 2.24) is 4.98 Å². The standard InChI is InChI=1S/C25H26FNO5/c1-16-5-6-17(11-23(16)25(28)29)13-30-21-3-2-4-22(12-21)31-14-20-15-32-24(27-20)18-7-9-19(26)10-8-18/h5-11,15,21-22H,2-4,12-14H2,1H3,(H,28,29)/t21-,22+/m1/s1. The Morgan fingerprint density at radius 3 is 2.56 bits per heavy atom. The number of carbonyl (C=O) groups is 1. The van der Waals surface area contributed by atoms with E-state index in [0.717, 1.165) is 36.8 Å². The number of carboxylic acid groups (broad SMARTS) is 1. The Labute approximate surface area is 186 Å². The number of benzene rings is 2. The number of oxazole rings is 1. The van der Waals surface area contributed by atoms with Gasteiger partial charge in [-0.1, -0.05) is 12.1 Å². The highest BCUT2D eigenvalue weighted by molar-refractivity contribution is 5.89. The molecule has 168 valence electrons. The van der Waals surface area contributed by atoms with Crippen molar-refractivity contribution in [2.75, 3.05) is 0 Å². The highest BCUT2D eigenvalue weighted by Crippen LogP contribution is 2.26. The van der Waals surface area contributed by atoms with E-state index in [2.05, 4.69) is 4.98 Å². The van der Waals surface area contributed by atoms with E-state index in [1.54, 1.807) is 31.4 Å². The lowest BCUT2D eigenvalue weighted by Gasteiger charge is -2.29. The molecule has 1 aliphatic rings. The van der Waals surface area contributed by atoms with Crippen LogP contribution in [-0.4, -0.2) is 28.3 Å². The molecular formula is C25H26FNO5. The quantitative estimate of drug-likeness (QED) is 0.497. The van der Waals surface area contributed by atoms with Crippen LogP contribution in [0.1, 0.15) is 52.9 Å². The lowest BCUT2D eigenvalue weighted by molar-refractivity contribution is -0.0561. The van der Waals surface area contributed by atoms with Crippen LogP contribution in [-0.2, 0) is 22.7 Å². The summed E-state index contributed by atoms with van der Waals surface area (Å²) in [5.74, 6) is -0.791. The summed E-state index contributed by atoms with van der Waals surface area (Å²) in [5.41, 5.74) is 3.30. The molecule has 32 heavy (non-hydrogen) atoms. The van der Waals surface area contributed by atoms with Crippen LogP contribution in [0.25, 0.3) is 11.5 Å². The SMILES string of the molecule is Cc1ccc(CO[C@@H]2CCC[C@H](OCc3coc(-c4ccc(F)cc4)n3)C2)cc1C(=O)O. The monoisotopic (exact) mass is 439 g/mol. The highest BCUT2D eigenvalue weighted by Gasteiger charge is 2.24. The van der Waals surface area contributed by atoms with Gasteiger partial charge in [0.15, 0.2) is 0 Å². The van der Waals surface area contributed by atoms with Gasteiger partial charge in [-0.2, -0.15) is 0 Å². The van der Waals surface area contributed by atoms with E-state index in [4.69, 9.17) is 13.9 Å². The third-order valence-corrected chi connectivity index (χ3v) is 5.71. The Hall–Kier alpha value is -3.03. The zero-order valence-electron chi connectivity index (χ0n) is 17.9. The summed E-state index contributed by atoms with van der Waals surface area (Å²) in [5, 5.41) is 9.29. The minimum atomic E-state index is -0.925. The molecule has 2 aromatic carbocycles. The van der Waals surface area contributed by atoms with Crippen molar-refractivity contribution in [3.05, 3.63) is 76.9 Å². The van der Waals surface area contributed by atoms with Crippen LogP contribution in [0.3, 0.4) is 0 Å². The van der Waals surface area contributed by atoms with Crippen LogP contribution < -0.4 is 0 Å². The van der Waals surface area contributed by atoms with Gasteiger partial charge in [0.2, 0.25) is 5.89 Å². The molecule has 3 aromatic rings. The molecule has 0 radical (unpaired) electrons. The van der Waals surface area contributed by atoms with Crippen LogP contribution in [0, 0.1) is 12.7 Å². The molecule has 0 aliphatic heterocycles. The maximum Gasteiger partial charge on any atom is 0.335 e. The number of halogens is 1. The maximum absolute atomic E-state index is 13.1. The number of carboxylic acids is 1. The lowest BCUT2D eigenvalue weighted by atomic mass is 9.94. The molecule has 0 bridgehead atoms. The van der Waals surface area contributed by atoms with Gasteiger partial charge in [-0.3, -0.25) is 0 Å². The number of rotatable bonds is 8. The van der Waals surface area contributed by atoms with Gasteiger partial charge in [0, 0.05) is 5.56 Å². The summed E-state index contributed by atoms with van der Waals surface area (Å²) < 4.78 is 30.7. The molecule has 0 unspecified atom stereocenters. The van der Waals surface area contributed by atoms with Crippen molar-refractivity contribution in [1.29, 1.82) is 0 Å². The Morgan fingerprint density at radius 2 is 1.84 bits per heavy atom. The zero-order chi connectivity index (χ0) is 22.5. The Morgan fingerprint density at radius 1 is 1.12 bits per heavy atom. The van der Waals surface area contributed by atoms with Crippen LogP contribution in [0.4, 0.5) is 4.39 Å². The second-order valence-electron chi connectivity index (χ2n) is 8.14. The smallest absolute Gasteiger partial charge is 0.335 e. The summed E-state index contributed by atoms with van der Waals surface area (Å²) >= 11 is 0. The number of aryl methyl sites for hydroxylation is 1. The summed E-state index contributed by atoms with van der Waals surface area (Å²) in [6.07, 6.45) is 5.38. The molecule has 1 heterocycles. The minimum absolute atomic E-state index is 0.0623. The van der Waals surface area contributed by atoms with E-state index in [-0.39, 0.29) is 18.0 Å². The van der Waals surface area contributed by atoms with Crippen molar-refractivity contribution in [3.8, 4) is 11.5 Å². The van der Waals surface area contributed by atoms with Crippen molar-refractivity contribution in [2.24, 2.45) is 0 Å². The van der Waals surface area contributed by atoms with E-state index in [1.165, 1.54) is 12.1 Å². The Kier molecular flexibility index (Phi) is 6.97. The number of aromatic carboxylic acids is 1. The fourth-order valence-electron chi connectivity index (χ4n) is 3.91. The van der Waals surface area contributed by atoms with Gasteiger partial charge in [-0.15, -0.1) is 0 Å². The molecule has 6 nitrogen and oxygen atoms in total. The van der Waals surface area contributed by atoms with Crippen LogP contribution in [0.15, 0.2) is 53.1 Å². The third kappa shape index (κ3) is 5.60. The second kappa shape index (κ2) is 10.1. The van der Waals surface area contributed by atoms with Gasteiger partial charge < -0.3 is 19.0 Å². The molecule has 0 spiro atoms. The number of ether oxygens (including phenoxy) is 2. The van der Waals surface area contributed by atoms with E-state index < -0.39 is 5.97 Å². The molecule has 1 aliphatic carbocycles. The second-order valence-corrected chi connectivity index (χ2v) is 8.14. The predicted molar refractivity (Wildman–Crippen MR) is 116 cm³/mol. The summed E-state index contributed by atoms with van der Waals surface area (Å²) in [4.78, 5) is 15.7.